The second kappa shape index (κ2) is 8.46. The zero-order chi connectivity index (χ0) is 19.6. The normalized spacial score (nSPS) is 12.0. The Morgan fingerprint density at radius 1 is 1.22 bits per heavy atom. The van der Waals surface area contributed by atoms with Crippen molar-refractivity contribution in [2.45, 2.75) is 26.4 Å². The number of rotatable bonds is 5. The van der Waals surface area contributed by atoms with E-state index >= 15 is 0 Å². The van der Waals surface area contributed by atoms with Crippen LogP contribution in [-0.2, 0) is 16.0 Å². The van der Waals surface area contributed by atoms with Crippen LogP contribution in [0.2, 0.25) is 10.0 Å². The number of aromatic nitrogens is 1. The molecular weight excluding hydrogens is 453 g/mol. The lowest BCUT2D eigenvalue weighted by Crippen LogP contribution is -2.12. The van der Waals surface area contributed by atoms with Gasteiger partial charge in [0.1, 0.15) is 6.10 Å². The second-order valence-electron chi connectivity index (χ2n) is 6.03. The standard InChI is InChI=1S/C20H16BrCl2NO3/c1-11-15(20(27-24-11)13-7-8-16(21)18(23)9-13)10-19(25)26-12(2)14-5-3-4-6-17(14)22/h3-9,12H,10H2,1-2H3/t12-/m1/s1. The van der Waals surface area contributed by atoms with Gasteiger partial charge in [-0.1, -0.05) is 46.6 Å². The largest absolute Gasteiger partial charge is 0.457 e. The molecule has 0 aliphatic rings. The summed E-state index contributed by atoms with van der Waals surface area (Å²) in [4.78, 5) is 12.5. The molecule has 0 aliphatic carbocycles. The number of halogens is 3. The van der Waals surface area contributed by atoms with E-state index in [-0.39, 0.29) is 6.42 Å². The molecule has 0 aliphatic heterocycles. The van der Waals surface area contributed by atoms with Crippen molar-refractivity contribution in [3.63, 3.8) is 0 Å². The van der Waals surface area contributed by atoms with Gasteiger partial charge in [0.15, 0.2) is 5.76 Å². The Morgan fingerprint density at radius 3 is 2.67 bits per heavy atom. The summed E-state index contributed by atoms with van der Waals surface area (Å²) in [5.74, 6) is 0.113. The summed E-state index contributed by atoms with van der Waals surface area (Å²) in [5.41, 5.74) is 2.80. The molecule has 1 heterocycles. The summed E-state index contributed by atoms with van der Waals surface area (Å²) in [7, 11) is 0. The lowest BCUT2D eigenvalue weighted by molar-refractivity contribution is -0.147. The molecule has 0 fully saturated rings. The van der Waals surface area contributed by atoms with Crippen LogP contribution in [-0.4, -0.2) is 11.1 Å². The fourth-order valence-electron chi connectivity index (χ4n) is 2.71. The number of esters is 1. The van der Waals surface area contributed by atoms with Gasteiger partial charge < -0.3 is 9.26 Å². The second-order valence-corrected chi connectivity index (χ2v) is 7.70. The molecule has 140 valence electrons. The Morgan fingerprint density at radius 2 is 1.96 bits per heavy atom. The maximum absolute atomic E-state index is 12.5. The van der Waals surface area contributed by atoms with Crippen molar-refractivity contribution in [3.8, 4) is 11.3 Å². The summed E-state index contributed by atoms with van der Waals surface area (Å²) in [6, 6.07) is 12.7. The van der Waals surface area contributed by atoms with Gasteiger partial charge in [0, 0.05) is 26.2 Å². The molecule has 3 aromatic rings. The lowest BCUT2D eigenvalue weighted by Gasteiger charge is -2.15. The van der Waals surface area contributed by atoms with Crippen LogP contribution >= 0.6 is 39.1 Å². The summed E-state index contributed by atoms with van der Waals surface area (Å²) in [6.07, 6.45) is -0.426. The summed E-state index contributed by atoms with van der Waals surface area (Å²) < 4.78 is 11.8. The first-order valence-electron chi connectivity index (χ1n) is 8.21. The average molecular weight is 469 g/mol. The van der Waals surface area contributed by atoms with Gasteiger partial charge in [0.2, 0.25) is 0 Å². The van der Waals surface area contributed by atoms with Crippen LogP contribution in [0.5, 0.6) is 0 Å². The maximum Gasteiger partial charge on any atom is 0.311 e. The SMILES string of the molecule is Cc1noc(-c2ccc(Br)c(Cl)c2)c1CC(=O)O[C@H](C)c1ccccc1Cl. The molecule has 0 unspecified atom stereocenters. The van der Waals surface area contributed by atoms with Crippen molar-refractivity contribution in [2.24, 2.45) is 0 Å². The zero-order valence-corrected chi connectivity index (χ0v) is 17.7. The number of carbonyl (C=O) groups is 1. The van der Waals surface area contributed by atoms with Crippen molar-refractivity contribution >= 4 is 45.1 Å². The fraction of sp³-hybridized carbons (Fsp3) is 0.200. The number of aryl methyl sites for hydroxylation is 1. The van der Waals surface area contributed by atoms with E-state index in [2.05, 4.69) is 21.1 Å². The first kappa shape index (κ1) is 19.9. The molecule has 0 saturated heterocycles. The third-order valence-electron chi connectivity index (χ3n) is 4.14. The van der Waals surface area contributed by atoms with E-state index in [9.17, 15) is 4.79 Å². The van der Waals surface area contributed by atoms with Gasteiger partial charge in [0.25, 0.3) is 0 Å². The summed E-state index contributed by atoms with van der Waals surface area (Å²) >= 11 is 15.7. The Kier molecular flexibility index (Phi) is 6.25. The first-order chi connectivity index (χ1) is 12.9. The molecule has 1 aromatic heterocycles. The Bertz CT molecular complexity index is 987. The molecule has 4 nitrogen and oxygen atoms in total. The molecule has 0 N–H and O–H groups in total. The minimum atomic E-state index is -0.461. The number of benzene rings is 2. The van der Waals surface area contributed by atoms with Gasteiger partial charge in [-0.15, -0.1) is 0 Å². The van der Waals surface area contributed by atoms with Gasteiger partial charge >= 0.3 is 5.97 Å². The molecule has 2 aromatic carbocycles. The highest BCUT2D eigenvalue weighted by Gasteiger charge is 2.21. The molecule has 7 heteroatoms. The maximum atomic E-state index is 12.5. The van der Waals surface area contributed by atoms with Crippen molar-refractivity contribution in [2.75, 3.05) is 0 Å². The lowest BCUT2D eigenvalue weighted by atomic mass is 10.0. The highest BCUT2D eigenvalue weighted by atomic mass is 79.9. The highest BCUT2D eigenvalue weighted by Crippen LogP contribution is 2.32. The molecule has 1 atom stereocenters. The molecule has 0 spiro atoms. The highest BCUT2D eigenvalue weighted by molar-refractivity contribution is 9.10. The van der Waals surface area contributed by atoms with Crippen molar-refractivity contribution in [3.05, 3.63) is 73.8 Å². The van der Waals surface area contributed by atoms with Crippen LogP contribution in [0.15, 0.2) is 51.5 Å². The third-order valence-corrected chi connectivity index (χ3v) is 5.72. The minimum Gasteiger partial charge on any atom is -0.457 e. The van der Waals surface area contributed by atoms with E-state index in [4.69, 9.17) is 32.5 Å². The molecular formula is C20H16BrCl2NO3. The molecule has 27 heavy (non-hydrogen) atoms. The number of hydrogen-bond acceptors (Lipinski definition) is 4. The van der Waals surface area contributed by atoms with Crippen molar-refractivity contribution in [1.82, 2.24) is 5.16 Å². The van der Waals surface area contributed by atoms with E-state index in [0.29, 0.717) is 27.1 Å². The third kappa shape index (κ3) is 4.54. The average Bonchev–Trinajstić information content (AvgIpc) is 2.98. The topological polar surface area (TPSA) is 52.3 Å². The molecule has 0 saturated carbocycles. The smallest absolute Gasteiger partial charge is 0.311 e. The molecule has 0 bridgehead atoms. The van der Waals surface area contributed by atoms with E-state index < -0.39 is 12.1 Å². The van der Waals surface area contributed by atoms with Crippen molar-refractivity contribution in [1.29, 1.82) is 0 Å². The van der Waals surface area contributed by atoms with E-state index in [1.54, 1.807) is 26.0 Å². The van der Waals surface area contributed by atoms with Gasteiger partial charge in [-0.25, -0.2) is 0 Å². The van der Waals surface area contributed by atoms with Crippen LogP contribution in [0.25, 0.3) is 11.3 Å². The predicted molar refractivity (Wildman–Crippen MR) is 109 cm³/mol. The quantitative estimate of drug-likeness (QED) is 0.397. The van der Waals surface area contributed by atoms with E-state index in [1.807, 2.05) is 30.3 Å². The van der Waals surface area contributed by atoms with Gasteiger partial charge in [-0.2, -0.15) is 0 Å². The molecule has 3 rings (SSSR count). The van der Waals surface area contributed by atoms with Gasteiger partial charge in [-0.3, -0.25) is 4.79 Å². The zero-order valence-electron chi connectivity index (χ0n) is 14.6. The number of nitrogens with zero attached hydrogens (tertiary/aromatic N) is 1. The monoisotopic (exact) mass is 467 g/mol. The molecule has 0 radical (unpaired) electrons. The van der Waals surface area contributed by atoms with Crippen LogP contribution in [0, 0.1) is 6.92 Å². The van der Waals surface area contributed by atoms with Gasteiger partial charge in [0.05, 0.1) is 17.1 Å². The van der Waals surface area contributed by atoms with Crippen LogP contribution in [0.4, 0.5) is 0 Å². The number of hydrogen-bond donors (Lipinski definition) is 0. The number of carbonyl (C=O) groups excluding carboxylic acids is 1. The molecule has 0 amide bonds. The van der Waals surface area contributed by atoms with Crippen LogP contribution < -0.4 is 0 Å². The Labute approximate surface area is 175 Å². The van der Waals surface area contributed by atoms with Crippen LogP contribution in [0.3, 0.4) is 0 Å². The summed E-state index contributed by atoms with van der Waals surface area (Å²) in [6.45, 7) is 3.57. The van der Waals surface area contributed by atoms with Crippen molar-refractivity contribution < 1.29 is 14.1 Å². The summed E-state index contributed by atoms with van der Waals surface area (Å²) in [5, 5.41) is 5.09. The Balaban J connectivity index is 1.79. The van der Waals surface area contributed by atoms with E-state index in [0.717, 1.165) is 15.6 Å². The predicted octanol–water partition coefficient (Wildman–Crippen LogP) is 6.57. The van der Waals surface area contributed by atoms with Gasteiger partial charge in [-0.05, 0) is 54.0 Å². The minimum absolute atomic E-state index is 0.0349. The van der Waals surface area contributed by atoms with E-state index in [1.165, 1.54) is 0 Å². The van der Waals surface area contributed by atoms with Crippen LogP contribution in [0.1, 0.15) is 29.8 Å². The fourth-order valence-corrected chi connectivity index (χ4v) is 3.43. The number of ether oxygens (including phenoxy) is 1. The Hall–Kier alpha value is -1.82. The first-order valence-corrected chi connectivity index (χ1v) is 9.76.